The first kappa shape index (κ1) is 20.3. The van der Waals surface area contributed by atoms with Crippen molar-refractivity contribution < 1.29 is 0 Å². The molecule has 0 amide bonds. The SMILES string of the molecule is Cc1nc2ccccc2nc1CSc1nnc(SCc2nc3ccccc3nc2C)s1. The van der Waals surface area contributed by atoms with Gasteiger partial charge in [0.2, 0.25) is 0 Å². The number of aromatic nitrogens is 6. The molecular weight excluding hydrogens is 444 g/mol. The van der Waals surface area contributed by atoms with E-state index in [1.54, 1.807) is 34.9 Å². The largest absolute Gasteiger partial charge is 0.250 e. The third kappa shape index (κ3) is 4.53. The maximum atomic E-state index is 4.76. The van der Waals surface area contributed by atoms with Crippen molar-refractivity contribution in [1.29, 1.82) is 0 Å². The van der Waals surface area contributed by atoms with Gasteiger partial charge in [-0.1, -0.05) is 59.1 Å². The summed E-state index contributed by atoms with van der Waals surface area (Å²) in [6.07, 6.45) is 0. The van der Waals surface area contributed by atoms with Crippen LogP contribution in [0.5, 0.6) is 0 Å². The molecule has 0 saturated heterocycles. The van der Waals surface area contributed by atoms with Crippen molar-refractivity contribution >= 4 is 56.9 Å². The summed E-state index contributed by atoms with van der Waals surface area (Å²) < 4.78 is 1.86. The van der Waals surface area contributed by atoms with Gasteiger partial charge in [0.25, 0.3) is 0 Å². The summed E-state index contributed by atoms with van der Waals surface area (Å²) in [6.45, 7) is 4.01. The standard InChI is InChI=1S/C22H18N6S3/c1-13-19(25-17-9-5-3-7-15(17)23-13)11-29-21-27-28-22(31-21)30-12-20-14(2)24-16-8-4-6-10-18(16)26-20/h3-10H,11-12H2,1-2H3. The average Bonchev–Trinajstić information content (AvgIpc) is 3.24. The first-order valence-corrected chi connectivity index (χ1v) is 12.5. The first-order valence-electron chi connectivity index (χ1n) is 9.69. The average molecular weight is 463 g/mol. The van der Waals surface area contributed by atoms with Crippen LogP contribution in [-0.4, -0.2) is 30.1 Å². The minimum atomic E-state index is 0.720. The smallest absolute Gasteiger partial charge is 0.175 e. The van der Waals surface area contributed by atoms with E-state index >= 15 is 0 Å². The lowest BCUT2D eigenvalue weighted by Crippen LogP contribution is -1.96. The van der Waals surface area contributed by atoms with Crippen LogP contribution in [0, 0.1) is 13.8 Å². The van der Waals surface area contributed by atoms with E-state index in [2.05, 4.69) is 20.2 Å². The van der Waals surface area contributed by atoms with Crippen molar-refractivity contribution in [3.05, 3.63) is 71.3 Å². The van der Waals surface area contributed by atoms with Crippen molar-refractivity contribution in [1.82, 2.24) is 30.1 Å². The van der Waals surface area contributed by atoms with Gasteiger partial charge in [0.05, 0.1) is 44.8 Å². The molecule has 5 aromatic rings. The highest BCUT2D eigenvalue weighted by Gasteiger charge is 2.11. The number of hydrogen-bond acceptors (Lipinski definition) is 9. The molecule has 5 rings (SSSR count). The summed E-state index contributed by atoms with van der Waals surface area (Å²) in [5, 5.41) is 8.67. The molecule has 0 N–H and O–H groups in total. The third-order valence-electron chi connectivity index (χ3n) is 4.74. The van der Waals surface area contributed by atoms with Crippen LogP contribution in [0.3, 0.4) is 0 Å². The molecule has 3 heterocycles. The second-order valence-electron chi connectivity index (χ2n) is 6.90. The molecule has 0 atom stereocenters. The van der Waals surface area contributed by atoms with Crippen LogP contribution in [-0.2, 0) is 11.5 Å². The zero-order valence-corrected chi connectivity index (χ0v) is 19.4. The maximum absolute atomic E-state index is 4.76. The third-order valence-corrected chi connectivity index (χ3v) is 7.95. The van der Waals surface area contributed by atoms with Gasteiger partial charge < -0.3 is 0 Å². The van der Waals surface area contributed by atoms with Crippen molar-refractivity contribution in [2.24, 2.45) is 0 Å². The van der Waals surface area contributed by atoms with E-state index in [9.17, 15) is 0 Å². The fourth-order valence-electron chi connectivity index (χ4n) is 3.10. The quantitative estimate of drug-likeness (QED) is 0.301. The van der Waals surface area contributed by atoms with Crippen molar-refractivity contribution in [2.75, 3.05) is 0 Å². The molecule has 9 heteroatoms. The Morgan fingerprint density at radius 2 is 1.00 bits per heavy atom. The van der Waals surface area contributed by atoms with Crippen LogP contribution in [0.4, 0.5) is 0 Å². The Kier molecular flexibility index (Phi) is 5.80. The van der Waals surface area contributed by atoms with Crippen LogP contribution in [0.25, 0.3) is 22.1 Å². The topological polar surface area (TPSA) is 77.3 Å². The summed E-state index contributed by atoms with van der Waals surface area (Å²) in [4.78, 5) is 18.8. The van der Waals surface area contributed by atoms with Crippen molar-refractivity contribution in [3.63, 3.8) is 0 Å². The molecule has 2 aromatic carbocycles. The van der Waals surface area contributed by atoms with Gasteiger partial charge in [-0.25, -0.2) is 19.9 Å². The van der Waals surface area contributed by atoms with Crippen LogP contribution in [0.1, 0.15) is 22.8 Å². The number of hydrogen-bond donors (Lipinski definition) is 0. The lowest BCUT2D eigenvalue weighted by Gasteiger charge is -2.05. The number of nitrogens with zero attached hydrogens (tertiary/aromatic N) is 6. The Balaban J connectivity index is 1.25. The Bertz CT molecular complexity index is 1280. The van der Waals surface area contributed by atoms with E-state index in [1.807, 2.05) is 62.4 Å². The second-order valence-corrected chi connectivity index (χ2v) is 10.3. The molecule has 154 valence electrons. The van der Waals surface area contributed by atoms with Gasteiger partial charge in [-0.05, 0) is 38.1 Å². The zero-order valence-electron chi connectivity index (χ0n) is 16.9. The van der Waals surface area contributed by atoms with Gasteiger partial charge in [0.15, 0.2) is 8.68 Å². The second kappa shape index (κ2) is 8.86. The number of rotatable bonds is 6. The Morgan fingerprint density at radius 1 is 0.613 bits per heavy atom. The van der Waals surface area contributed by atoms with Crippen LogP contribution in [0.15, 0.2) is 57.2 Å². The van der Waals surface area contributed by atoms with Crippen LogP contribution in [0.2, 0.25) is 0 Å². The molecule has 0 spiro atoms. The summed E-state index contributed by atoms with van der Waals surface area (Å²) in [7, 11) is 0. The minimum Gasteiger partial charge on any atom is -0.250 e. The van der Waals surface area contributed by atoms with E-state index in [1.165, 1.54) is 0 Å². The molecule has 0 aliphatic rings. The molecule has 0 unspecified atom stereocenters. The van der Waals surface area contributed by atoms with E-state index in [-0.39, 0.29) is 0 Å². The fraction of sp³-hybridized carbons (Fsp3) is 0.182. The van der Waals surface area contributed by atoms with E-state index in [0.717, 1.165) is 65.0 Å². The summed E-state index contributed by atoms with van der Waals surface area (Å²) in [6, 6.07) is 15.9. The number of thioether (sulfide) groups is 2. The summed E-state index contributed by atoms with van der Waals surface area (Å²) >= 11 is 4.89. The Morgan fingerprint density at radius 3 is 1.42 bits per heavy atom. The molecule has 0 saturated carbocycles. The first-order chi connectivity index (χ1) is 15.2. The molecule has 0 aliphatic carbocycles. The fourth-order valence-corrected chi connectivity index (χ4v) is 6.13. The number of benzene rings is 2. The normalized spacial score (nSPS) is 11.4. The van der Waals surface area contributed by atoms with Crippen molar-refractivity contribution in [3.8, 4) is 0 Å². The highest BCUT2D eigenvalue weighted by atomic mass is 32.2. The molecule has 3 aromatic heterocycles. The molecule has 0 radical (unpaired) electrons. The number of para-hydroxylation sites is 4. The molecule has 31 heavy (non-hydrogen) atoms. The summed E-state index contributed by atoms with van der Waals surface area (Å²) in [5.41, 5.74) is 7.57. The predicted octanol–water partition coefficient (Wildman–Crippen LogP) is 5.63. The lowest BCUT2D eigenvalue weighted by molar-refractivity contribution is 0.952. The molecule has 6 nitrogen and oxygen atoms in total. The van der Waals surface area contributed by atoms with Crippen LogP contribution >= 0.6 is 34.9 Å². The number of aryl methyl sites for hydroxylation is 2. The maximum Gasteiger partial charge on any atom is 0.175 e. The molecular formula is C22H18N6S3. The predicted molar refractivity (Wildman–Crippen MR) is 128 cm³/mol. The van der Waals surface area contributed by atoms with Gasteiger partial charge in [0, 0.05) is 11.5 Å². The van der Waals surface area contributed by atoms with E-state index in [4.69, 9.17) is 9.97 Å². The van der Waals surface area contributed by atoms with Gasteiger partial charge in [-0.15, -0.1) is 10.2 Å². The van der Waals surface area contributed by atoms with Gasteiger partial charge in [-0.3, -0.25) is 0 Å². The van der Waals surface area contributed by atoms with Gasteiger partial charge in [-0.2, -0.15) is 0 Å². The van der Waals surface area contributed by atoms with Gasteiger partial charge in [0.1, 0.15) is 0 Å². The highest BCUT2D eigenvalue weighted by Crippen LogP contribution is 2.32. The lowest BCUT2D eigenvalue weighted by atomic mass is 10.2. The monoisotopic (exact) mass is 462 g/mol. The van der Waals surface area contributed by atoms with Crippen molar-refractivity contribution in [2.45, 2.75) is 34.0 Å². The Labute approximate surface area is 192 Å². The molecule has 0 fully saturated rings. The van der Waals surface area contributed by atoms with Crippen LogP contribution < -0.4 is 0 Å². The number of fused-ring (bicyclic) bond motifs is 2. The zero-order chi connectivity index (χ0) is 21.2. The Hall–Kier alpha value is -2.62. The highest BCUT2D eigenvalue weighted by molar-refractivity contribution is 8.02. The summed E-state index contributed by atoms with van der Waals surface area (Å²) in [5.74, 6) is 1.44. The molecule has 0 aliphatic heterocycles. The van der Waals surface area contributed by atoms with E-state index in [0.29, 0.717) is 0 Å². The minimum absolute atomic E-state index is 0.720. The van der Waals surface area contributed by atoms with Gasteiger partial charge >= 0.3 is 0 Å². The van der Waals surface area contributed by atoms with E-state index < -0.39 is 0 Å². The molecule has 0 bridgehead atoms.